The molecular formula is C19H19N3O3S. The van der Waals surface area contributed by atoms with Gasteiger partial charge in [-0.15, -0.1) is 11.3 Å². The summed E-state index contributed by atoms with van der Waals surface area (Å²) in [5.41, 5.74) is 1.54. The molecule has 1 amide bonds. The minimum Gasteiger partial charge on any atom is -0.495 e. The molecule has 0 atom stereocenters. The lowest BCUT2D eigenvalue weighted by Crippen LogP contribution is -2.49. The molecule has 0 spiro atoms. The number of hydrogen-bond acceptors (Lipinski definition) is 6. The van der Waals surface area contributed by atoms with Crippen LogP contribution in [0, 0.1) is 0 Å². The molecule has 7 heteroatoms. The molecule has 0 unspecified atom stereocenters. The number of amides is 1. The van der Waals surface area contributed by atoms with E-state index in [0.29, 0.717) is 24.5 Å². The van der Waals surface area contributed by atoms with Gasteiger partial charge in [0.1, 0.15) is 11.4 Å². The van der Waals surface area contributed by atoms with Gasteiger partial charge in [0.2, 0.25) is 0 Å². The zero-order valence-electron chi connectivity index (χ0n) is 14.4. The molecule has 1 aliphatic rings. The summed E-state index contributed by atoms with van der Waals surface area (Å²) in [7, 11) is 1.68. The molecule has 26 heavy (non-hydrogen) atoms. The van der Waals surface area contributed by atoms with Gasteiger partial charge in [-0.1, -0.05) is 12.1 Å². The quantitative estimate of drug-likeness (QED) is 0.706. The Balaban J connectivity index is 1.42. The monoisotopic (exact) mass is 369 g/mol. The normalized spacial score (nSPS) is 14.5. The smallest absolute Gasteiger partial charge is 0.273 e. The molecule has 0 N–H and O–H groups in total. The van der Waals surface area contributed by atoms with E-state index in [4.69, 9.17) is 9.15 Å². The number of hydrogen-bond donors (Lipinski definition) is 0. The van der Waals surface area contributed by atoms with Crippen LogP contribution in [-0.2, 0) is 0 Å². The van der Waals surface area contributed by atoms with Crippen LogP contribution in [0.15, 0.2) is 52.5 Å². The van der Waals surface area contributed by atoms with Crippen LogP contribution in [0.5, 0.6) is 5.75 Å². The summed E-state index contributed by atoms with van der Waals surface area (Å²) in [6.07, 6.45) is 1.61. The topological polar surface area (TPSA) is 58.8 Å². The Morgan fingerprint density at radius 3 is 2.69 bits per heavy atom. The molecule has 0 radical (unpaired) electrons. The van der Waals surface area contributed by atoms with E-state index in [-0.39, 0.29) is 5.91 Å². The Bertz CT molecular complexity index is 883. The molecule has 1 saturated heterocycles. The van der Waals surface area contributed by atoms with Crippen molar-refractivity contribution in [2.45, 2.75) is 0 Å². The van der Waals surface area contributed by atoms with E-state index < -0.39 is 0 Å². The lowest BCUT2D eigenvalue weighted by atomic mass is 10.2. The number of carbonyl (C=O) groups is 1. The van der Waals surface area contributed by atoms with Gasteiger partial charge in [-0.2, -0.15) is 0 Å². The summed E-state index contributed by atoms with van der Waals surface area (Å²) in [5, 5.41) is 2.53. The predicted octanol–water partition coefficient (Wildman–Crippen LogP) is 3.37. The van der Waals surface area contributed by atoms with E-state index >= 15 is 0 Å². The number of nitrogens with zero attached hydrogens (tertiary/aromatic N) is 3. The third kappa shape index (κ3) is 3.17. The highest BCUT2D eigenvalue weighted by atomic mass is 32.1. The predicted molar refractivity (Wildman–Crippen MR) is 101 cm³/mol. The highest BCUT2D eigenvalue weighted by Gasteiger charge is 2.25. The van der Waals surface area contributed by atoms with Gasteiger partial charge < -0.3 is 19.0 Å². The lowest BCUT2D eigenvalue weighted by Gasteiger charge is -2.36. The van der Waals surface area contributed by atoms with E-state index in [1.165, 1.54) is 11.3 Å². The van der Waals surface area contributed by atoms with Crippen molar-refractivity contribution >= 4 is 22.9 Å². The number of aromatic nitrogens is 1. The van der Waals surface area contributed by atoms with Crippen LogP contribution in [0.4, 0.5) is 5.69 Å². The van der Waals surface area contributed by atoms with Gasteiger partial charge in [0.25, 0.3) is 5.91 Å². The maximum absolute atomic E-state index is 12.7. The van der Waals surface area contributed by atoms with E-state index in [1.807, 2.05) is 41.3 Å². The standard InChI is InChI=1S/C19H19N3O3S/c1-24-16-6-3-2-5-15(16)21-8-10-22(11-9-21)19(23)14-13-26-18(20-14)17-7-4-12-25-17/h2-7,12-13H,8-11H2,1H3. The second-order valence-corrected chi connectivity index (χ2v) is 6.82. The van der Waals surface area contributed by atoms with Crippen molar-refractivity contribution in [2.75, 3.05) is 38.2 Å². The molecule has 134 valence electrons. The summed E-state index contributed by atoms with van der Waals surface area (Å²) in [4.78, 5) is 21.3. The number of thiazole rings is 1. The number of anilines is 1. The minimum absolute atomic E-state index is 0.0290. The van der Waals surface area contributed by atoms with Crippen molar-refractivity contribution in [3.8, 4) is 16.5 Å². The van der Waals surface area contributed by atoms with Crippen LogP contribution in [0.3, 0.4) is 0 Å². The molecule has 1 fully saturated rings. The SMILES string of the molecule is COc1ccccc1N1CCN(C(=O)c2csc(-c3ccco3)n2)CC1. The molecule has 3 aromatic rings. The summed E-state index contributed by atoms with van der Waals surface area (Å²) in [5.74, 6) is 1.52. The van der Waals surface area contributed by atoms with Crippen LogP contribution in [0.2, 0.25) is 0 Å². The molecular weight excluding hydrogens is 350 g/mol. The Morgan fingerprint density at radius 1 is 1.15 bits per heavy atom. The largest absolute Gasteiger partial charge is 0.495 e. The molecule has 1 aromatic carbocycles. The average Bonchev–Trinajstić information content (AvgIpc) is 3.39. The number of ether oxygens (including phenoxy) is 1. The molecule has 3 heterocycles. The summed E-state index contributed by atoms with van der Waals surface area (Å²) in [6.45, 7) is 2.84. The van der Waals surface area contributed by atoms with Crippen LogP contribution in [-0.4, -0.2) is 49.1 Å². The number of furan rings is 1. The fraction of sp³-hybridized carbons (Fsp3) is 0.263. The number of para-hydroxylation sites is 2. The highest BCUT2D eigenvalue weighted by Crippen LogP contribution is 2.29. The Hall–Kier alpha value is -2.80. The first-order valence-electron chi connectivity index (χ1n) is 8.43. The maximum Gasteiger partial charge on any atom is 0.273 e. The summed E-state index contributed by atoms with van der Waals surface area (Å²) < 4.78 is 10.8. The van der Waals surface area contributed by atoms with Crippen molar-refractivity contribution < 1.29 is 13.9 Å². The van der Waals surface area contributed by atoms with Gasteiger partial charge in [-0.05, 0) is 24.3 Å². The number of rotatable bonds is 4. The van der Waals surface area contributed by atoms with Crippen molar-refractivity contribution in [3.63, 3.8) is 0 Å². The Labute approximate surface area is 155 Å². The number of methoxy groups -OCH3 is 1. The molecule has 0 bridgehead atoms. The molecule has 6 nitrogen and oxygen atoms in total. The molecule has 0 aliphatic carbocycles. The fourth-order valence-electron chi connectivity index (χ4n) is 3.09. The highest BCUT2D eigenvalue weighted by molar-refractivity contribution is 7.13. The van der Waals surface area contributed by atoms with Gasteiger partial charge in [-0.3, -0.25) is 4.79 Å². The third-order valence-electron chi connectivity index (χ3n) is 4.45. The first kappa shape index (κ1) is 16.7. The molecule has 0 saturated carbocycles. The fourth-order valence-corrected chi connectivity index (χ4v) is 3.85. The van der Waals surface area contributed by atoms with Gasteiger partial charge >= 0.3 is 0 Å². The Kier molecular flexibility index (Phi) is 4.62. The second-order valence-electron chi connectivity index (χ2n) is 5.97. The van der Waals surface area contributed by atoms with Crippen molar-refractivity contribution in [2.24, 2.45) is 0 Å². The first-order valence-corrected chi connectivity index (χ1v) is 9.31. The average molecular weight is 369 g/mol. The van der Waals surface area contributed by atoms with E-state index in [0.717, 1.165) is 29.5 Å². The van der Waals surface area contributed by atoms with Crippen molar-refractivity contribution in [1.29, 1.82) is 0 Å². The molecule has 2 aromatic heterocycles. The van der Waals surface area contributed by atoms with Crippen molar-refractivity contribution in [1.82, 2.24) is 9.88 Å². The summed E-state index contributed by atoms with van der Waals surface area (Å²) in [6, 6.07) is 11.6. The van der Waals surface area contributed by atoms with Crippen LogP contribution in [0.25, 0.3) is 10.8 Å². The third-order valence-corrected chi connectivity index (χ3v) is 5.30. The minimum atomic E-state index is -0.0290. The van der Waals surface area contributed by atoms with Gasteiger partial charge in [0, 0.05) is 31.6 Å². The maximum atomic E-state index is 12.7. The van der Waals surface area contributed by atoms with Gasteiger partial charge in [-0.25, -0.2) is 4.98 Å². The van der Waals surface area contributed by atoms with Crippen molar-refractivity contribution in [3.05, 3.63) is 53.7 Å². The Morgan fingerprint density at radius 2 is 1.96 bits per heavy atom. The second kappa shape index (κ2) is 7.21. The number of piperazine rings is 1. The number of carbonyl (C=O) groups excluding carboxylic acids is 1. The zero-order chi connectivity index (χ0) is 17.9. The lowest BCUT2D eigenvalue weighted by molar-refractivity contribution is 0.0741. The van der Waals surface area contributed by atoms with E-state index in [2.05, 4.69) is 9.88 Å². The van der Waals surface area contributed by atoms with Gasteiger partial charge in [0.15, 0.2) is 10.8 Å². The molecule has 4 rings (SSSR count). The van der Waals surface area contributed by atoms with E-state index in [1.54, 1.807) is 18.8 Å². The van der Waals surface area contributed by atoms with Crippen LogP contribution >= 0.6 is 11.3 Å². The zero-order valence-corrected chi connectivity index (χ0v) is 15.2. The first-order chi connectivity index (χ1) is 12.8. The number of benzene rings is 1. The van der Waals surface area contributed by atoms with E-state index in [9.17, 15) is 4.79 Å². The molecule has 1 aliphatic heterocycles. The van der Waals surface area contributed by atoms with Crippen LogP contribution in [0.1, 0.15) is 10.5 Å². The summed E-state index contributed by atoms with van der Waals surface area (Å²) >= 11 is 1.42. The van der Waals surface area contributed by atoms with Gasteiger partial charge in [0.05, 0.1) is 19.1 Å². The van der Waals surface area contributed by atoms with Crippen LogP contribution < -0.4 is 9.64 Å².